The lowest BCUT2D eigenvalue weighted by atomic mass is 9.91. The van der Waals surface area contributed by atoms with Crippen LogP contribution >= 0.6 is 0 Å². The van der Waals surface area contributed by atoms with Gasteiger partial charge in [0, 0.05) is 18.9 Å². The van der Waals surface area contributed by atoms with Gasteiger partial charge in [-0.15, -0.1) is 0 Å². The molecule has 0 aromatic heterocycles. The molecule has 2 N–H and O–H groups in total. The largest absolute Gasteiger partial charge is 0.480 e. The second kappa shape index (κ2) is 5.82. The van der Waals surface area contributed by atoms with E-state index in [0.717, 1.165) is 0 Å². The molecule has 1 heterocycles. The van der Waals surface area contributed by atoms with Crippen LogP contribution in [0.4, 0.5) is 10.1 Å². The first-order valence-electron chi connectivity index (χ1n) is 5.99. The van der Waals surface area contributed by atoms with E-state index >= 15 is 0 Å². The molecular weight excluding hydrogens is 237 g/mol. The van der Waals surface area contributed by atoms with Crippen LogP contribution in [0.15, 0.2) is 24.3 Å². The Labute approximate surface area is 105 Å². The average molecular weight is 253 g/mol. The number of hydrogen-bond donors (Lipinski definition) is 2. The van der Waals surface area contributed by atoms with Crippen LogP contribution in [0.5, 0.6) is 0 Å². The fraction of sp³-hybridized carbons (Fsp3) is 0.462. The SMILES string of the molecule is O=C(O)C(Nc1cccc(F)c1)C1CCOCC1. The van der Waals surface area contributed by atoms with Gasteiger partial charge in [-0.3, -0.25) is 0 Å². The van der Waals surface area contributed by atoms with Gasteiger partial charge in [0.05, 0.1) is 0 Å². The van der Waals surface area contributed by atoms with Crippen LogP contribution in [-0.2, 0) is 9.53 Å². The lowest BCUT2D eigenvalue weighted by Gasteiger charge is -2.28. The normalized spacial score (nSPS) is 18.3. The molecule has 0 spiro atoms. The third kappa shape index (κ3) is 3.20. The van der Waals surface area contributed by atoms with Crippen LogP contribution in [0.25, 0.3) is 0 Å². The molecule has 4 nitrogen and oxygen atoms in total. The van der Waals surface area contributed by atoms with E-state index in [2.05, 4.69) is 5.32 Å². The number of nitrogens with one attached hydrogen (secondary N) is 1. The Morgan fingerprint density at radius 1 is 1.44 bits per heavy atom. The van der Waals surface area contributed by atoms with Crippen molar-refractivity contribution in [2.45, 2.75) is 18.9 Å². The Morgan fingerprint density at radius 3 is 2.78 bits per heavy atom. The Balaban J connectivity index is 2.08. The van der Waals surface area contributed by atoms with Crippen molar-refractivity contribution in [1.29, 1.82) is 0 Å². The second-order valence-corrected chi connectivity index (χ2v) is 4.42. The van der Waals surface area contributed by atoms with Gasteiger partial charge in [0.2, 0.25) is 0 Å². The number of ether oxygens (including phenoxy) is 1. The van der Waals surface area contributed by atoms with Crippen LogP contribution in [0, 0.1) is 11.7 Å². The molecule has 0 saturated carbocycles. The van der Waals surface area contributed by atoms with E-state index in [1.807, 2.05) is 0 Å². The monoisotopic (exact) mass is 253 g/mol. The van der Waals surface area contributed by atoms with E-state index in [1.54, 1.807) is 12.1 Å². The Kier molecular flexibility index (Phi) is 4.15. The molecule has 0 aliphatic carbocycles. The topological polar surface area (TPSA) is 58.6 Å². The summed E-state index contributed by atoms with van der Waals surface area (Å²) in [5.74, 6) is -1.28. The molecule has 98 valence electrons. The quantitative estimate of drug-likeness (QED) is 0.863. The number of carbonyl (C=O) groups is 1. The average Bonchev–Trinajstić information content (AvgIpc) is 2.37. The Morgan fingerprint density at radius 2 is 2.17 bits per heavy atom. The van der Waals surface area contributed by atoms with Crippen molar-refractivity contribution >= 4 is 11.7 Å². The number of carboxylic acid groups (broad SMARTS) is 1. The summed E-state index contributed by atoms with van der Waals surface area (Å²) >= 11 is 0. The summed E-state index contributed by atoms with van der Waals surface area (Å²) in [7, 11) is 0. The van der Waals surface area contributed by atoms with Crippen molar-refractivity contribution in [3.05, 3.63) is 30.1 Å². The highest BCUT2D eigenvalue weighted by atomic mass is 19.1. The molecule has 1 saturated heterocycles. The van der Waals surface area contributed by atoms with Gasteiger partial charge in [0.25, 0.3) is 0 Å². The van der Waals surface area contributed by atoms with Crippen molar-refractivity contribution in [3.8, 4) is 0 Å². The standard InChI is InChI=1S/C13H16FNO3/c14-10-2-1-3-11(8-10)15-12(13(16)17)9-4-6-18-7-5-9/h1-3,8-9,12,15H,4-7H2,(H,16,17). The number of aliphatic carboxylic acids is 1. The smallest absolute Gasteiger partial charge is 0.326 e. The van der Waals surface area contributed by atoms with E-state index in [0.29, 0.717) is 31.7 Å². The minimum absolute atomic E-state index is 0.0134. The van der Waals surface area contributed by atoms with Crippen LogP contribution in [0.1, 0.15) is 12.8 Å². The maximum Gasteiger partial charge on any atom is 0.326 e. The fourth-order valence-corrected chi connectivity index (χ4v) is 2.19. The van der Waals surface area contributed by atoms with E-state index in [-0.39, 0.29) is 11.7 Å². The number of carboxylic acids is 1. The number of benzene rings is 1. The highest BCUT2D eigenvalue weighted by molar-refractivity contribution is 5.77. The zero-order valence-corrected chi connectivity index (χ0v) is 9.93. The molecule has 1 atom stereocenters. The van der Waals surface area contributed by atoms with E-state index < -0.39 is 12.0 Å². The van der Waals surface area contributed by atoms with Crippen LogP contribution in [-0.4, -0.2) is 30.3 Å². The molecule has 18 heavy (non-hydrogen) atoms. The van der Waals surface area contributed by atoms with Gasteiger partial charge in [0.1, 0.15) is 11.9 Å². The summed E-state index contributed by atoms with van der Waals surface area (Å²) < 4.78 is 18.3. The molecule has 0 amide bonds. The van der Waals surface area contributed by atoms with Crippen molar-refractivity contribution in [2.75, 3.05) is 18.5 Å². The minimum Gasteiger partial charge on any atom is -0.480 e. The number of anilines is 1. The summed E-state index contributed by atoms with van der Waals surface area (Å²) in [6.45, 7) is 1.17. The number of hydrogen-bond acceptors (Lipinski definition) is 3. The summed E-state index contributed by atoms with van der Waals surface area (Å²) in [6.07, 6.45) is 1.42. The van der Waals surface area contributed by atoms with Crippen LogP contribution in [0.2, 0.25) is 0 Å². The molecule has 1 aromatic rings. The summed E-state index contributed by atoms with van der Waals surface area (Å²) in [6, 6.07) is 5.15. The second-order valence-electron chi connectivity index (χ2n) is 4.42. The summed E-state index contributed by atoms with van der Waals surface area (Å²) in [5.41, 5.74) is 0.494. The zero-order chi connectivity index (χ0) is 13.0. The lowest BCUT2D eigenvalue weighted by Crippen LogP contribution is -2.39. The molecule has 1 aliphatic heterocycles. The molecule has 1 aliphatic rings. The fourth-order valence-electron chi connectivity index (χ4n) is 2.19. The van der Waals surface area contributed by atoms with Crippen molar-refractivity contribution in [1.82, 2.24) is 0 Å². The molecule has 0 radical (unpaired) electrons. The Hall–Kier alpha value is -1.62. The van der Waals surface area contributed by atoms with Gasteiger partial charge in [-0.1, -0.05) is 6.07 Å². The summed E-state index contributed by atoms with van der Waals surface area (Å²) in [5, 5.41) is 12.2. The van der Waals surface area contributed by atoms with Crippen LogP contribution < -0.4 is 5.32 Å². The Bertz CT molecular complexity index is 418. The van der Waals surface area contributed by atoms with Crippen molar-refractivity contribution in [2.24, 2.45) is 5.92 Å². The van der Waals surface area contributed by atoms with Gasteiger partial charge in [-0.25, -0.2) is 9.18 Å². The van der Waals surface area contributed by atoms with E-state index in [1.165, 1.54) is 12.1 Å². The summed E-state index contributed by atoms with van der Waals surface area (Å²) in [4.78, 5) is 11.3. The maximum absolute atomic E-state index is 13.1. The third-order valence-electron chi connectivity index (χ3n) is 3.15. The van der Waals surface area contributed by atoms with Gasteiger partial charge >= 0.3 is 5.97 Å². The minimum atomic E-state index is -0.911. The maximum atomic E-state index is 13.1. The van der Waals surface area contributed by atoms with Gasteiger partial charge in [-0.2, -0.15) is 0 Å². The van der Waals surface area contributed by atoms with Gasteiger partial charge in [0.15, 0.2) is 0 Å². The van der Waals surface area contributed by atoms with Crippen molar-refractivity contribution < 1.29 is 19.0 Å². The highest BCUT2D eigenvalue weighted by Crippen LogP contribution is 2.22. The molecule has 1 aromatic carbocycles. The van der Waals surface area contributed by atoms with Gasteiger partial charge < -0.3 is 15.2 Å². The third-order valence-corrected chi connectivity index (χ3v) is 3.15. The highest BCUT2D eigenvalue weighted by Gasteiger charge is 2.29. The van der Waals surface area contributed by atoms with E-state index in [9.17, 15) is 14.3 Å². The van der Waals surface area contributed by atoms with Crippen LogP contribution in [0.3, 0.4) is 0 Å². The predicted octanol–water partition coefficient (Wildman–Crippen LogP) is 2.12. The van der Waals surface area contributed by atoms with Gasteiger partial charge in [-0.05, 0) is 37.0 Å². The molecule has 1 unspecified atom stereocenters. The van der Waals surface area contributed by atoms with Crippen molar-refractivity contribution in [3.63, 3.8) is 0 Å². The molecular formula is C13H16FNO3. The first-order chi connectivity index (χ1) is 8.66. The molecule has 0 bridgehead atoms. The molecule has 5 heteroatoms. The molecule has 2 rings (SSSR count). The lowest BCUT2D eigenvalue weighted by molar-refractivity contribution is -0.140. The predicted molar refractivity (Wildman–Crippen MR) is 65.0 cm³/mol. The first-order valence-corrected chi connectivity index (χ1v) is 5.99. The molecule has 1 fully saturated rings. The zero-order valence-electron chi connectivity index (χ0n) is 9.93. The first kappa shape index (κ1) is 12.8. The number of halogens is 1. The number of rotatable bonds is 4. The van der Waals surface area contributed by atoms with E-state index in [4.69, 9.17) is 4.74 Å².